The van der Waals surface area contributed by atoms with Crippen LogP contribution in [0.1, 0.15) is 38.7 Å². The first-order valence-corrected chi connectivity index (χ1v) is 8.82. The van der Waals surface area contributed by atoms with Crippen LogP contribution in [0.5, 0.6) is 5.75 Å². The molecule has 0 bridgehead atoms. The molecular weight excluding hydrogens is 322 g/mol. The number of aryl methyl sites for hydroxylation is 1. The number of carbonyl (C=O) groups excluding carboxylic acids is 1. The number of nitrogens with one attached hydrogen (secondary N) is 1. The molecule has 4 heteroatoms. The molecule has 0 aliphatic rings. The van der Waals surface area contributed by atoms with Crippen LogP contribution in [0, 0.1) is 0 Å². The second kappa shape index (κ2) is 9.33. The van der Waals surface area contributed by atoms with E-state index in [1.165, 1.54) is 18.4 Å². The molecule has 0 saturated heterocycles. The molecule has 0 aromatic heterocycles. The molecule has 1 N–H and O–H groups in total. The van der Waals surface area contributed by atoms with Crippen molar-refractivity contribution in [2.24, 2.45) is 0 Å². The average molecular weight is 346 g/mol. The topological polar surface area (TPSA) is 38.3 Å². The zero-order valence-electron chi connectivity index (χ0n) is 14.2. The number of rotatable bonds is 8. The van der Waals surface area contributed by atoms with Gasteiger partial charge in [0.2, 0.25) is 0 Å². The number of anilines is 1. The zero-order chi connectivity index (χ0) is 17.4. The number of carbonyl (C=O) groups is 1. The summed E-state index contributed by atoms with van der Waals surface area (Å²) in [4.78, 5) is 12.4. The van der Waals surface area contributed by atoms with Gasteiger partial charge in [0, 0.05) is 10.7 Å². The average Bonchev–Trinajstić information content (AvgIpc) is 2.59. The fraction of sp³-hybridized carbons (Fsp3) is 0.350. The first kappa shape index (κ1) is 18.3. The van der Waals surface area contributed by atoms with E-state index in [1.807, 2.05) is 19.1 Å². The van der Waals surface area contributed by atoms with Gasteiger partial charge in [-0.05, 0) is 55.2 Å². The van der Waals surface area contributed by atoms with E-state index < -0.39 is 6.10 Å². The number of hydrogen-bond acceptors (Lipinski definition) is 2. The Bertz CT molecular complexity index is 655. The summed E-state index contributed by atoms with van der Waals surface area (Å²) in [6.45, 7) is 4.10. The fourth-order valence-corrected chi connectivity index (χ4v) is 2.57. The van der Waals surface area contributed by atoms with Gasteiger partial charge in [0.1, 0.15) is 5.75 Å². The van der Waals surface area contributed by atoms with Crippen molar-refractivity contribution < 1.29 is 9.53 Å². The molecule has 24 heavy (non-hydrogen) atoms. The normalized spacial score (nSPS) is 11.8. The summed E-state index contributed by atoms with van der Waals surface area (Å²) in [6.07, 6.45) is 3.45. The summed E-state index contributed by atoms with van der Waals surface area (Å²) in [5.74, 6) is 0.443. The molecule has 0 aliphatic carbocycles. The molecule has 2 aromatic carbocycles. The maximum absolute atomic E-state index is 12.4. The van der Waals surface area contributed by atoms with Gasteiger partial charge in [-0.15, -0.1) is 0 Å². The maximum atomic E-state index is 12.4. The van der Waals surface area contributed by atoms with Crippen LogP contribution in [0.3, 0.4) is 0 Å². The maximum Gasteiger partial charge on any atom is 0.265 e. The third kappa shape index (κ3) is 5.57. The van der Waals surface area contributed by atoms with Crippen LogP contribution >= 0.6 is 11.6 Å². The van der Waals surface area contributed by atoms with Crippen molar-refractivity contribution in [3.05, 3.63) is 59.1 Å². The Labute approximate surface area is 149 Å². The lowest BCUT2D eigenvalue weighted by Gasteiger charge is -2.17. The molecule has 0 saturated carbocycles. The molecule has 0 spiro atoms. The van der Waals surface area contributed by atoms with Gasteiger partial charge in [-0.2, -0.15) is 0 Å². The lowest BCUT2D eigenvalue weighted by molar-refractivity contribution is -0.122. The van der Waals surface area contributed by atoms with Gasteiger partial charge in [0.25, 0.3) is 5.91 Å². The number of unbranched alkanes of at least 4 members (excludes halogenated alkanes) is 1. The van der Waals surface area contributed by atoms with E-state index in [0.29, 0.717) is 17.2 Å². The largest absolute Gasteiger partial charge is 0.481 e. The Morgan fingerprint density at radius 1 is 1.17 bits per heavy atom. The lowest BCUT2D eigenvalue weighted by atomic mass is 10.1. The minimum atomic E-state index is -0.553. The van der Waals surface area contributed by atoms with E-state index in [1.54, 1.807) is 24.3 Å². The lowest BCUT2D eigenvalue weighted by Crippen LogP contribution is -2.32. The predicted molar refractivity (Wildman–Crippen MR) is 99.8 cm³/mol. The van der Waals surface area contributed by atoms with E-state index in [9.17, 15) is 4.79 Å². The van der Waals surface area contributed by atoms with Gasteiger partial charge >= 0.3 is 0 Å². The quantitative estimate of drug-likeness (QED) is 0.688. The van der Waals surface area contributed by atoms with Crippen molar-refractivity contribution >= 4 is 23.2 Å². The molecule has 0 fully saturated rings. The van der Waals surface area contributed by atoms with Crippen LogP contribution in [0.25, 0.3) is 0 Å². The van der Waals surface area contributed by atoms with Crippen molar-refractivity contribution in [3.8, 4) is 5.75 Å². The summed E-state index contributed by atoms with van der Waals surface area (Å²) in [7, 11) is 0. The molecule has 2 rings (SSSR count). The number of hydrogen-bond donors (Lipinski definition) is 1. The smallest absolute Gasteiger partial charge is 0.265 e. The predicted octanol–water partition coefficient (Wildman–Crippen LogP) is 5.48. The summed E-state index contributed by atoms with van der Waals surface area (Å²) >= 11 is 5.95. The highest BCUT2D eigenvalue weighted by atomic mass is 35.5. The van der Waals surface area contributed by atoms with E-state index >= 15 is 0 Å². The molecule has 1 atom stereocenters. The molecule has 0 unspecified atom stereocenters. The van der Waals surface area contributed by atoms with Gasteiger partial charge in [0.15, 0.2) is 6.10 Å². The highest BCUT2D eigenvalue weighted by Crippen LogP contribution is 2.20. The van der Waals surface area contributed by atoms with Crippen molar-refractivity contribution in [2.75, 3.05) is 5.32 Å². The SMILES string of the molecule is CCCCc1ccc(NC(=O)[C@H](CC)Oc2cccc(Cl)c2)cc1. The monoisotopic (exact) mass is 345 g/mol. The van der Waals surface area contributed by atoms with Gasteiger partial charge in [-0.3, -0.25) is 4.79 Å². The van der Waals surface area contributed by atoms with Crippen molar-refractivity contribution in [1.29, 1.82) is 0 Å². The molecule has 128 valence electrons. The Balaban J connectivity index is 1.96. The highest BCUT2D eigenvalue weighted by Gasteiger charge is 2.18. The van der Waals surface area contributed by atoms with Gasteiger partial charge in [-0.25, -0.2) is 0 Å². The van der Waals surface area contributed by atoms with Crippen molar-refractivity contribution in [3.63, 3.8) is 0 Å². The van der Waals surface area contributed by atoms with Crippen LogP contribution in [0.15, 0.2) is 48.5 Å². The second-order valence-corrected chi connectivity index (χ2v) is 6.20. The Hall–Kier alpha value is -2.00. The summed E-state index contributed by atoms with van der Waals surface area (Å²) in [5, 5.41) is 3.50. The van der Waals surface area contributed by atoms with E-state index in [2.05, 4.69) is 24.4 Å². The molecule has 0 heterocycles. The highest BCUT2D eigenvalue weighted by molar-refractivity contribution is 6.30. The van der Waals surface area contributed by atoms with Crippen LogP contribution in [0.2, 0.25) is 5.02 Å². The number of ether oxygens (including phenoxy) is 1. The summed E-state index contributed by atoms with van der Waals surface area (Å²) in [6, 6.07) is 15.1. The van der Waals surface area contributed by atoms with Crippen LogP contribution in [-0.2, 0) is 11.2 Å². The number of benzene rings is 2. The Kier molecular flexibility index (Phi) is 7.13. The fourth-order valence-electron chi connectivity index (χ4n) is 2.39. The molecule has 2 aromatic rings. The molecule has 0 aliphatic heterocycles. The number of amides is 1. The zero-order valence-corrected chi connectivity index (χ0v) is 15.0. The standard InChI is InChI=1S/C20H24ClNO2/c1-3-5-7-15-10-12-17(13-11-15)22-20(23)19(4-2)24-18-9-6-8-16(21)14-18/h6,8-14,19H,3-5,7H2,1-2H3,(H,22,23)/t19-/m0/s1. The van der Waals surface area contributed by atoms with Crippen LogP contribution < -0.4 is 10.1 Å². The molecular formula is C20H24ClNO2. The Morgan fingerprint density at radius 2 is 1.92 bits per heavy atom. The third-order valence-electron chi connectivity index (χ3n) is 3.78. The number of halogens is 1. The molecule has 0 radical (unpaired) electrons. The first-order valence-electron chi connectivity index (χ1n) is 8.44. The van der Waals surface area contributed by atoms with Crippen molar-refractivity contribution in [1.82, 2.24) is 0 Å². The van der Waals surface area contributed by atoms with E-state index in [0.717, 1.165) is 12.1 Å². The molecule has 1 amide bonds. The van der Waals surface area contributed by atoms with Crippen molar-refractivity contribution in [2.45, 2.75) is 45.6 Å². The first-order chi connectivity index (χ1) is 11.6. The van der Waals surface area contributed by atoms with Crippen LogP contribution in [-0.4, -0.2) is 12.0 Å². The van der Waals surface area contributed by atoms with Crippen LogP contribution in [0.4, 0.5) is 5.69 Å². The Morgan fingerprint density at radius 3 is 2.54 bits per heavy atom. The minimum Gasteiger partial charge on any atom is -0.481 e. The third-order valence-corrected chi connectivity index (χ3v) is 4.01. The summed E-state index contributed by atoms with van der Waals surface area (Å²) < 4.78 is 5.76. The van der Waals surface area contributed by atoms with Gasteiger partial charge < -0.3 is 10.1 Å². The summed E-state index contributed by atoms with van der Waals surface area (Å²) in [5.41, 5.74) is 2.07. The van der Waals surface area contributed by atoms with Gasteiger partial charge in [0.05, 0.1) is 0 Å². The van der Waals surface area contributed by atoms with Gasteiger partial charge in [-0.1, -0.05) is 50.1 Å². The molecule has 3 nitrogen and oxygen atoms in total. The minimum absolute atomic E-state index is 0.154. The van der Waals surface area contributed by atoms with E-state index in [-0.39, 0.29) is 5.91 Å². The second-order valence-electron chi connectivity index (χ2n) is 5.76. The van der Waals surface area contributed by atoms with E-state index in [4.69, 9.17) is 16.3 Å².